The van der Waals surface area contributed by atoms with Crippen LogP contribution in [0.25, 0.3) is 0 Å². The minimum absolute atomic E-state index is 0.0760. The molecule has 3 N–H and O–H groups in total. The summed E-state index contributed by atoms with van der Waals surface area (Å²) in [5.41, 5.74) is -0.0760. The number of nitrogens with one attached hydrogen (secondary N) is 3. The van der Waals surface area contributed by atoms with Gasteiger partial charge in [-0.1, -0.05) is 6.07 Å². The van der Waals surface area contributed by atoms with Gasteiger partial charge in [-0.25, -0.2) is 4.98 Å². The van der Waals surface area contributed by atoms with Gasteiger partial charge in [0.25, 0.3) is 0 Å². The fourth-order valence-electron chi connectivity index (χ4n) is 6.00. The first kappa shape index (κ1) is 18.3. The van der Waals surface area contributed by atoms with Crippen LogP contribution in [0.4, 0.5) is 17.5 Å². The Morgan fingerprint density at radius 1 is 0.897 bits per heavy atom. The highest BCUT2D eigenvalue weighted by Gasteiger charge is 2.54. The lowest BCUT2D eigenvalue weighted by molar-refractivity contribution is -0.146. The average molecular weight is 393 g/mol. The molecule has 2 heterocycles. The van der Waals surface area contributed by atoms with Gasteiger partial charge in [-0.05, 0) is 80.5 Å². The smallest absolute Gasteiger partial charge is 0.226 e. The van der Waals surface area contributed by atoms with Crippen molar-refractivity contribution in [2.24, 2.45) is 23.2 Å². The van der Waals surface area contributed by atoms with Crippen molar-refractivity contribution in [2.75, 3.05) is 23.7 Å². The summed E-state index contributed by atoms with van der Waals surface area (Å²) < 4.78 is 0. The lowest BCUT2D eigenvalue weighted by Gasteiger charge is -2.55. The number of aromatic nitrogens is 3. The number of amides is 1. The molecule has 0 atom stereocenters. The second-order valence-electron chi connectivity index (χ2n) is 9.02. The van der Waals surface area contributed by atoms with Crippen molar-refractivity contribution in [3.05, 3.63) is 36.5 Å². The molecule has 4 saturated carbocycles. The van der Waals surface area contributed by atoms with Crippen molar-refractivity contribution in [1.29, 1.82) is 0 Å². The molecule has 0 aromatic carbocycles. The topological polar surface area (TPSA) is 91.8 Å². The zero-order chi connectivity index (χ0) is 19.7. The van der Waals surface area contributed by atoms with Crippen molar-refractivity contribution >= 4 is 23.4 Å². The number of anilines is 3. The number of rotatable bonds is 7. The van der Waals surface area contributed by atoms with Crippen LogP contribution in [0.2, 0.25) is 0 Å². The Labute approximate surface area is 171 Å². The van der Waals surface area contributed by atoms with Crippen molar-refractivity contribution in [2.45, 2.75) is 38.5 Å². The Morgan fingerprint density at radius 2 is 1.59 bits per heavy atom. The van der Waals surface area contributed by atoms with Gasteiger partial charge in [-0.15, -0.1) is 10.2 Å². The SMILES string of the molecule is O=C(NCCNc1ccc(Nc2ccccn2)nn1)C12CC3CC(CC(C3)C1)C2. The molecule has 2 aromatic rings. The van der Waals surface area contributed by atoms with E-state index in [0.717, 1.165) is 42.8 Å². The van der Waals surface area contributed by atoms with Crippen LogP contribution in [0.3, 0.4) is 0 Å². The standard InChI is InChI=1S/C22H28N6O/c29-21(22-12-15-9-16(13-22)11-17(10-15)14-22)25-8-7-24-19-4-5-20(28-27-19)26-18-3-1-2-6-23-18/h1-6,15-17H,7-14H2,(H,24,27)(H,25,29)(H,23,26,28). The Balaban J connectivity index is 1.08. The van der Waals surface area contributed by atoms with Gasteiger partial charge in [0.15, 0.2) is 5.82 Å². The molecular formula is C22H28N6O. The van der Waals surface area contributed by atoms with Crippen LogP contribution in [-0.4, -0.2) is 34.2 Å². The van der Waals surface area contributed by atoms with E-state index >= 15 is 0 Å². The maximum atomic E-state index is 12.9. The predicted octanol–water partition coefficient (Wildman–Crippen LogP) is 3.36. The maximum absolute atomic E-state index is 12.9. The Morgan fingerprint density at radius 3 is 2.21 bits per heavy atom. The van der Waals surface area contributed by atoms with Gasteiger partial charge in [0, 0.05) is 24.7 Å². The van der Waals surface area contributed by atoms with Crippen LogP contribution in [0.15, 0.2) is 36.5 Å². The summed E-state index contributed by atoms with van der Waals surface area (Å²) in [5.74, 6) is 4.72. The summed E-state index contributed by atoms with van der Waals surface area (Å²) in [4.78, 5) is 17.2. The molecule has 4 fully saturated rings. The molecule has 4 aliphatic rings. The van der Waals surface area contributed by atoms with E-state index < -0.39 is 0 Å². The molecule has 152 valence electrons. The van der Waals surface area contributed by atoms with Gasteiger partial charge in [-0.2, -0.15) is 0 Å². The summed E-state index contributed by atoms with van der Waals surface area (Å²) in [6.45, 7) is 1.25. The minimum atomic E-state index is -0.0760. The van der Waals surface area contributed by atoms with Crippen LogP contribution >= 0.6 is 0 Å². The number of pyridine rings is 1. The van der Waals surface area contributed by atoms with Gasteiger partial charge >= 0.3 is 0 Å². The van der Waals surface area contributed by atoms with Gasteiger partial charge in [0.1, 0.15) is 11.6 Å². The monoisotopic (exact) mass is 392 g/mol. The molecule has 0 spiro atoms. The van der Waals surface area contributed by atoms with Crippen molar-refractivity contribution in [1.82, 2.24) is 20.5 Å². The van der Waals surface area contributed by atoms with Gasteiger partial charge in [-0.3, -0.25) is 4.79 Å². The molecule has 0 unspecified atom stereocenters. The molecule has 1 amide bonds. The first-order valence-electron chi connectivity index (χ1n) is 10.7. The molecule has 29 heavy (non-hydrogen) atoms. The van der Waals surface area contributed by atoms with Crippen LogP contribution in [0, 0.1) is 23.2 Å². The average Bonchev–Trinajstić information content (AvgIpc) is 2.72. The van der Waals surface area contributed by atoms with E-state index in [-0.39, 0.29) is 11.3 Å². The highest BCUT2D eigenvalue weighted by molar-refractivity contribution is 5.83. The third-order valence-electron chi connectivity index (χ3n) is 6.82. The quantitative estimate of drug-likeness (QED) is 0.626. The molecule has 7 heteroatoms. The number of hydrogen-bond acceptors (Lipinski definition) is 6. The second kappa shape index (κ2) is 7.61. The largest absolute Gasteiger partial charge is 0.367 e. The third kappa shape index (κ3) is 3.91. The van der Waals surface area contributed by atoms with E-state index in [2.05, 4.69) is 31.1 Å². The first-order valence-corrected chi connectivity index (χ1v) is 10.7. The molecule has 0 aliphatic heterocycles. The predicted molar refractivity (Wildman–Crippen MR) is 112 cm³/mol. The van der Waals surface area contributed by atoms with E-state index in [1.165, 1.54) is 19.3 Å². The zero-order valence-corrected chi connectivity index (χ0v) is 16.6. The first-order chi connectivity index (χ1) is 14.2. The van der Waals surface area contributed by atoms with Crippen molar-refractivity contribution in [3.8, 4) is 0 Å². The number of nitrogens with zero attached hydrogens (tertiary/aromatic N) is 3. The van der Waals surface area contributed by atoms with E-state index in [0.29, 0.717) is 24.7 Å². The zero-order valence-electron chi connectivity index (χ0n) is 16.6. The van der Waals surface area contributed by atoms with Gasteiger partial charge in [0.05, 0.1) is 0 Å². The molecule has 7 nitrogen and oxygen atoms in total. The van der Waals surface area contributed by atoms with Crippen LogP contribution in [0.1, 0.15) is 38.5 Å². The fraction of sp³-hybridized carbons (Fsp3) is 0.545. The number of carbonyl (C=O) groups excluding carboxylic acids is 1. The molecule has 2 aromatic heterocycles. The van der Waals surface area contributed by atoms with Crippen molar-refractivity contribution in [3.63, 3.8) is 0 Å². The van der Waals surface area contributed by atoms with Crippen LogP contribution in [0.5, 0.6) is 0 Å². The Hall–Kier alpha value is -2.70. The van der Waals surface area contributed by atoms with Crippen LogP contribution < -0.4 is 16.0 Å². The van der Waals surface area contributed by atoms with Gasteiger partial charge < -0.3 is 16.0 Å². The summed E-state index contributed by atoms with van der Waals surface area (Å²) >= 11 is 0. The highest BCUT2D eigenvalue weighted by atomic mass is 16.2. The highest BCUT2D eigenvalue weighted by Crippen LogP contribution is 2.60. The molecule has 4 bridgehead atoms. The summed E-state index contributed by atoms with van der Waals surface area (Å²) in [5, 5.41) is 17.9. The molecular weight excluding hydrogens is 364 g/mol. The second-order valence-corrected chi connectivity index (χ2v) is 9.02. The van der Waals surface area contributed by atoms with E-state index in [4.69, 9.17) is 0 Å². The number of hydrogen-bond donors (Lipinski definition) is 3. The lowest BCUT2D eigenvalue weighted by atomic mass is 9.49. The summed E-state index contributed by atoms with van der Waals surface area (Å²) in [6, 6.07) is 9.39. The van der Waals surface area contributed by atoms with Gasteiger partial charge in [0.2, 0.25) is 5.91 Å². The third-order valence-corrected chi connectivity index (χ3v) is 6.82. The Bertz CT molecular complexity index is 818. The fourth-order valence-corrected chi connectivity index (χ4v) is 6.00. The normalized spacial score (nSPS) is 29.4. The molecule has 0 radical (unpaired) electrons. The minimum Gasteiger partial charge on any atom is -0.367 e. The summed E-state index contributed by atoms with van der Waals surface area (Å²) in [7, 11) is 0. The maximum Gasteiger partial charge on any atom is 0.226 e. The Kier molecular flexibility index (Phi) is 4.81. The summed E-state index contributed by atoms with van der Waals surface area (Å²) in [6.07, 6.45) is 9.12. The molecule has 6 rings (SSSR count). The number of carbonyl (C=O) groups is 1. The molecule has 0 saturated heterocycles. The molecule has 4 aliphatic carbocycles. The van der Waals surface area contributed by atoms with E-state index in [9.17, 15) is 4.79 Å². The van der Waals surface area contributed by atoms with E-state index in [1.807, 2.05) is 30.3 Å². The van der Waals surface area contributed by atoms with E-state index in [1.54, 1.807) is 6.20 Å². The lowest BCUT2D eigenvalue weighted by Crippen LogP contribution is -2.54. The van der Waals surface area contributed by atoms with Crippen molar-refractivity contribution < 1.29 is 4.79 Å². The van der Waals surface area contributed by atoms with Crippen LogP contribution in [-0.2, 0) is 4.79 Å².